The molecule has 0 aliphatic heterocycles. The maximum Gasteiger partial charge on any atom is 0.326 e. The molecule has 1 heterocycles. The third-order valence-corrected chi connectivity index (χ3v) is 2.58. The van der Waals surface area contributed by atoms with Crippen molar-refractivity contribution in [2.75, 3.05) is 10.6 Å². The Morgan fingerprint density at radius 2 is 1.88 bits per heavy atom. The van der Waals surface area contributed by atoms with Crippen LogP contribution in [0.3, 0.4) is 0 Å². The monoisotopic (exact) mass is 328 g/mol. The highest BCUT2D eigenvalue weighted by atomic mass is 127. The maximum atomic E-state index is 11.5. The maximum absolute atomic E-state index is 11.5. The van der Waals surface area contributed by atoms with E-state index in [1.54, 1.807) is 12.1 Å². The topological polar surface area (TPSA) is 54.3 Å². The highest BCUT2D eigenvalue weighted by molar-refractivity contribution is 14.1. The van der Waals surface area contributed by atoms with E-state index < -0.39 is 0 Å². The number of nitrogens with one attached hydrogen (secondary N) is 2. The molecule has 2 amide bonds. The second-order valence-corrected chi connectivity index (χ2v) is 4.31. The summed E-state index contributed by atoms with van der Waals surface area (Å²) in [5.41, 5.74) is 0.740. The fraction of sp³-hybridized carbons (Fsp3) is 0. The van der Waals surface area contributed by atoms with Crippen LogP contribution in [0.2, 0.25) is 0 Å². The second-order valence-electron chi connectivity index (χ2n) is 3.06. The Kier molecular flexibility index (Phi) is 3.45. The van der Waals surface area contributed by atoms with Crippen LogP contribution < -0.4 is 10.6 Å². The Morgan fingerprint density at radius 3 is 2.50 bits per heavy atom. The Bertz CT molecular complexity index is 465. The first kappa shape index (κ1) is 11.0. The molecule has 0 spiro atoms. The zero-order chi connectivity index (χ0) is 11.4. The lowest BCUT2D eigenvalue weighted by Crippen LogP contribution is -2.18. The van der Waals surface area contributed by atoms with Crippen LogP contribution in [0.25, 0.3) is 0 Å². The van der Waals surface area contributed by atoms with E-state index in [0.29, 0.717) is 5.88 Å². The van der Waals surface area contributed by atoms with Crippen LogP contribution >= 0.6 is 22.6 Å². The van der Waals surface area contributed by atoms with Crippen molar-refractivity contribution in [3.05, 3.63) is 46.2 Å². The first-order chi connectivity index (χ1) is 7.74. The van der Waals surface area contributed by atoms with E-state index in [9.17, 15) is 4.79 Å². The number of carbonyl (C=O) groups excluding carboxylic acids is 1. The first-order valence-corrected chi connectivity index (χ1v) is 5.69. The lowest BCUT2D eigenvalue weighted by molar-refractivity contribution is 0.261. The van der Waals surface area contributed by atoms with Crippen molar-refractivity contribution in [2.24, 2.45) is 0 Å². The Morgan fingerprint density at radius 1 is 1.12 bits per heavy atom. The molecule has 1 aromatic heterocycles. The smallest absolute Gasteiger partial charge is 0.326 e. The molecule has 0 saturated heterocycles. The van der Waals surface area contributed by atoms with Crippen molar-refractivity contribution >= 4 is 40.2 Å². The summed E-state index contributed by atoms with van der Waals surface area (Å²) in [7, 11) is 0. The van der Waals surface area contributed by atoms with Gasteiger partial charge < -0.3 is 9.73 Å². The second kappa shape index (κ2) is 5.02. The lowest BCUT2D eigenvalue weighted by atomic mass is 10.3. The highest BCUT2D eigenvalue weighted by Gasteiger charge is 2.03. The number of carbonyl (C=O) groups is 1. The van der Waals surface area contributed by atoms with Crippen LogP contribution in [0.1, 0.15) is 0 Å². The van der Waals surface area contributed by atoms with Gasteiger partial charge in [0, 0.05) is 15.3 Å². The summed E-state index contributed by atoms with van der Waals surface area (Å²) in [4.78, 5) is 11.5. The van der Waals surface area contributed by atoms with E-state index in [1.807, 2.05) is 24.3 Å². The molecule has 5 heteroatoms. The van der Waals surface area contributed by atoms with Crippen LogP contribution in [0.4, 0.5) is 16.4 Å². The standard InChI is InChI=1S/C11H9IN2O2/c12-8-3-5-9(6-4-8)13-11(15)14-10-2-1-7-16-10/h1-7H,(H2,13,14,15). The van der Waals surface area contributed by atoms with Gasteiger partial charge in [0.25, 0.3) is 0 Å². The van der Waals surface area contributed by atoms with Gasteiger partial charge in [0.1, 0.15) is 0 Å². The predicted molar refractivity (Wildman–Crippen MR) is 70.5 cm³/mol. The number of hydrogen-bond donors (Lipinski definition) is 2. The molecule has 0 radical (unpaired) electrons. The quantitative estimate of drug-likeness (QED) is 0.829. The molecule has 2 aromatic rings. The Hall–Kier alpha value is -1.50. The van der Waals surface area contributed by atoms with E-state index in [2.05, 4.69) is 33.2 Å². The molecular formula is C11H9IN2O2. The van der Waals surface area contributed by atoms with Gasteiger partial charge in [-0.1, -0.05) is 0 Å². The van der Waals surface area contributed by atoms with Crippen LogP contribution in [-0.4, -0.2) is 6.03 Å². The molecule has 0 atom stereocenters. The van der Waals surface area contributed by atoms with Crippen molar-refractivity contribution in [1.82, 2.24) is 0 Å². The molecule has 16 heavy (non-hydrogen) atoms. The van der Waals surface area contributed by atoms with Crippen LogP contribution in [0.5, 0.6) is 0 Å². The number of furan rings is 1. The largest absolute Gasteiger partial charge is 0.449 e. The number of rotatable bonds is 2. The third kappa shape index (κ3) is 2.99. The molecule has 1 aromatic carbocycles. The third-order valence-electron chi connectivity index (χ3n) is 1.86. The molecule has 2 N–H and O–H groups in total. The predicted octanol–water partition coefficient (Wildman–Crippen LogP) is 3.53. The van der Waals surface area contributed by atoms with Gasteiger partial charge in [0.05, 0.1) is 6.26 Å². The summed E-state index contributed by atoms with van der Waals surface area (Å²) < 4.78 is 6.11. The van der Waals surface area contributed by atoms with Crippen molar-refractivity contribution in [3.63, 3.8) is 0 Å². The van der Waals surface area contributed by atoms with Crippen molar-refractivity contribution in [1.29, 1.82) is 0 Å². The number of halogens is 1. The van der Waals surface area contributed by atoms with Crippen molar-refractivity contribution < 1.29 is 9.21 Å². The highest BCUT2D eigenvalue weighted by Crippen LogP contribution is 2.12. The molecule has 2 rings (SSSR count). The molecule has 4 nitrogen and oxygen atoms in total. The van der Waals surface area contributed by atoms with Gasteiger partial charge in [-0.3, -0.25) is 5.32 Å². The van der Waals surface area contributed by atoms with Crippen molar-refractivity contribution in [3.8, 4) is 0 Å². The summed E-state index contributed by atoms with van der Waals surface area (Å²) >= 11 is 2.20. The van der Waals surface area contributed by atoms with E-state index in [-0.39, 0.29) is 6.03 Å². The summed E-state index contributed by atoms with van der Waals surface area (Å²) in [6.07, 6.45) is 1.50. The molecular weight excluding hydrogens is 319 g/mol. The fourth-order valence-corrected chi connectivity index (χ4v) is 1.52. The summed E-state index contributed by atoms with van der Waals surface area (Å²) in [6, 6.07) is 10.6. The fourth-order valence-electron chi connectivity index (χ4n) is 1.16. The van der Waals surface area contributed by atoms with Crippen LogP contribution in [0, 0.1) is 3.57 Å². The molecule has 0 bridgehead atoms. The van der Waals surface area contributed by atoms with Gasteiger partial charge >= 0.3 is 6.03 Å². The minimum Gasteiger partial charge on any atom is -0.449 e. The van der Waals surface area contributed by atoms with Crippen LogP contribution in [0.15, 0.2) is 47.1 Å². The average Bonchev–Trinajstić information content (AvgIpc) is 2.74. The van der Waals surface area contributed by atoms with E-state index >= 15 is 0 Å². The summed E-state index contributed by atoms with van der Waals surface area (Å²) in [5.74, 6) is 0.419. The molecule has 0 aliphatic rings. The average molecular weight is 328 g/mol. The SMILES string of the molecule is O=C(Nc1ccc(I)cc1)Nc1ccco1. The molecule has 0 fully saturated rings. The summed E-state index contributed by atoms with van der Waals surface area (Å²) in [5, 5.41) is 5.26. The Labute approximate surface area is 106 Å². The number of hydrogen-bond acceptors (Lipinski definition) is 2. The summed E-state index contributed by atoms with van der Waals surface area (Å²) in [6.45, 7) is 0. The van der Waals surface area contributed by atoms with Crippen molar-refractivity contribution in [2.45, 2.75) is 0 Å². The van der Waals surface area contributed by atoms with Gasteiger partial charge in [0.2, 0.25) is 5.88 Å². The zero-order valence-corrected chi connectivity index (χ0v) is 10.4. The van der Waals surface area contributed by atoms with Gasteiger partial charge in [-0.05, 0) is 52.9 Å². The Balaban J connectivity index is 1.95. The number of anilines is 2. The number of benzene rings is 1. The number of amides is 2. The minimum atomic E-state index is -0.323. The molecule has 0 unspecified atom stereocenters. The minimum absolute atomic E-state index is 0.323. The lowest BCUT2D eigenvalue weighted by Gasteiger charge is -2.05. The molecule has 0 saturated carbocycles. The van der Waals surface area contributed by atoms with E-state index in [1.165, 1.54) is 6.26 Å². The normalized spacial score (nSPS) is 9.81. The van der Waals surface area contributed by atoms with Gasteiger partial charge in [-0.25, -0.2) is 4.79 Å². The molecule has 82 valence electrons. The number of urea groups is 1. The van der Waals surface area contributed by atoms with Gasteiger partial charge in [0.15, 0.2) is 0 Å². The zero-order valence-electron chi connectivity index (χ0n) is 8.24. The van der Waals surface area contributed by atoms with Gasteiger partial charge in [-0.2, -0.15) is 0 Å². The van der Waals surface area contributed by atoms with E-state index in [0.717, 1.165) is 9.26 Å². The van der Waals surface area contributed by atoms with Crippen LogP contribution in [-0.2, 0) is 0 Å². The first-order valence-electron chi connectivity index (χ1n) is 4.61. The van der Waals surface area contributed by atoms with Gasteiger partial charge in [-0.15, -0.1) is 0 Å². The van der Waals surface area contributed by atoms with E-state index in [4.69, 9.17) is 4.42 Å². The molecule has 0 aliphatic carbocycles.